The van der Waals surface area contributed by atoms with Crippen LogP contribution < -0.4 is 10.6 Å². The largest absolute Gasteiger partial charge is 0.459 e. The number of amides is 2. The summed E-state index contributed by atoms with van der Waals surface area (Å²) in [4.78, 5) is 29.1. The molecule has 0 aliphatic rings. The van der Waals surface area contributed by atoms with Gasteiger partial charge >= 0.3 is 0 Å². The molecule has 30 heavy (non-hydrogen) atoms. The highest BCUT2D eigenvalue weighted by atomic mass is 16.3. The molecule has 0 unspecified atom stereocenters. The fourth-order valence-corrected chi connectivity index (χ4v) is 3.36. The van der Waals surface area contributed by atoms with Gasteiger partial charge in [0.2, 0.25) is 0 Å². The second-order valence-corrected chi connectivity index (χ2v) is 6.92. The van der Waals surface area contributed by atoms with Gasteiger partial charge in [-0.05, 0) is 55.8 Å². The minimum Gasteiger partial charge on any atom is -0.459 e. The Labute approximate surface area is 173 Å². The van der Waals surface area contributed by atoms with Gasteiger partial charge < -0.3 is 19.6 Å². The molecule has 0 aliphatic heterocycles. The monoisotopic (exact) mass is 402 g/mol. The molecule has 152 valence electrons. The number of anilines is 1. The first-order valence-corrected chi connectivity index (χ1v) is 9.77. The molecule has 4 aromatic rings. The van der Waals surface area contributed by atoms with Gasteiger partial charge in [0.05, 0.1) is 17.3 Å². The number of fused-ring (bicyclic) bond motifs is 1. The van der Waals surface area contributed by atoms with Gasteiger partial charge in [-0.3, -0.25) is 9.59 Å². The van der Waals surface area contributed by atoms with Crippen molar-refractivity contribution in [3.8, 4) is 0 Å². The fraction of sp³-hybridized carbons (Fsp3) is 0.174. The molecule has 2 heterocycles. The van der Waals surface area contributed by atoms with E-state index < -0.39 is 0 Å². The molecule has 7 heteroatoms. The maximum atomic E-state index is 12.5. The lowest BCUT2D eigenvalue weighted by Crippen LogP contribution is -2.25. The van der Waals surface area contributed by atoms with Crippen LogP contribution in [-0.4, -0.2) is 27.9 Å². The average molecular weight is 402 g/mol. The molecule has 2 N–H and O–H groups in total. The van der Waals surface area contributed by atoms with Gasteiger partial charge in [0, 0.05) is 24.3 Å². The number of carbonyl (C=O) groups is 2. The summed E-state index contributed by atoms with van der Waals surface area (Å²) in [6, 6.07) is 18.1. The lowest BCUT2D eigenvalue weighted by atomic mass is 10.2. The van der Waals surface area contributed by atoms with Crippen LogP contribution >= 0.6 is 0 Å². The van der Waals surface area contributed by atoms with Crippen molar-refractivity contribution in [2.75, 3.05) is 11.9 Å². The third kappa shape index (κ3) is 4.25. The number of rotatable bonds is 7. The molecule has 2 aromatic carbocycles. The molecule has 0 saturated heterocycles. The highest BCUT2D eigenvalue weighted by Gasteiger charge is 2.11. The van der Waals surface area contributed by atoms with Crippen LogP contribution in [0.15, 0.2) is 71.3 Å². The molecule has 2 aromatic heterocycles. The fourth-order valence-electron chi connectivity index (χ4n) is 3.36. The van der Waals surface area contributed by atoms with Crippen LogP contribution in [0.25, 0.3) is 11.0 Å². The molecule has 0 fully saturated rings. The number of para-hydroxylation sites is 2. The zero-order valence-corrected chi connectivity index (χ0v) is 16.6. The summed E-state index contributed by atoms with van der Waals surface area (Å²) >= 11 is 0. The number of nitrogens with zero attached hydrogens (tertiary/aromatic N) is 2. The molecule has 0 aliphatic carbocycles. The topological polar surface area (TPSA) is 89.2 Å². The molecule has 0 saturated carbocycles. The average Bonchev–Trinajstić information content (AvgIpc) is 3.39. The summed E-state index contributed by atoms with van der Waals surface area (Å²) in [6.07, 6.45) is 2.22. The molecule has 7 nitrogen and oxygen atoms in total. The lowest BCUT2D eigenvalue weighted by Gasteiger charge is -2.09. The van der Waals surface area contributed by atoms with Crippen molar-refractivity contribution in [1.82, 2.24) is 14.9 Å². The number of benzene rings is 2. The first-order chi connectivity index (χ1) is 14.6. The predicted octanol–water partition coefficient (Wildman–Crippen LogP) is 4.01. The van der Waals surface area contributed by atoms with Crippen molar-refractivity contribution in [3.63, 3.8) is 0 Å². The number of imidazole rings is 1. The number of furan rings is 1. The summed E-state index contributed by atoms with van der Waals surface area (Å²) in [5, 5.41) is 5.66. The molecule has 0 spiro atoms. The molecule has 4 rings (SSSR count). The van der Waals surface area contributed by atoms with Gasteiger partial charge in [-0.1, -0.05) is 18.2 Å². The van der Waals surface area contributed by atoms with Crippen LogP contribution in [0.5, 0.6) is 0 Å². The van der Waals surface area contributed by atoms with E-state index in [-0.39, 0.29) is 17.6 Å². The number of aryl methyl sites for hydroxylation is 2. The third-order valence-electron chi connectivity index (χ3n) is 4.82. The van der Waals surface area contributed by atoms with E-state index >= 15 is 0 Å². The predicted molar refractivity (Wildman–Crippen MR) is 115 cm³/mol. The van der Waals surface area contributed by atoms with E-state index in [2.05, 4.69) is 26.3 Å². The van der Waals surface area contributed by atoms with Crippen LogP contribution in [0.3, 0.4) is 0 Å². The van der Waals surface area contributed by atoms with E-state index in [1.165, 1.54) is 6.26 Å². The summed E-state index contributed by atoms with van der Waals surface area (Å²) in [5.74, 6) is 0.631. The van der Waals surface area contributed by atoms with Crippen molar-refractivity contribution < 1.29 is 14.0 Å². The minimum atomic E-state index is -0.361. The molecular weight excluding hydrogens is 380 g/mol. The molecular formula is C23H22N4O3. The Morgan fingerprint density at radius 3 is 2.73 bits per heavy atom. The summed E-state index contributed by atoms with van der Waals surface area (Å²) < 4.78 is 7.24. The van der Waals surface area contributed by atoms with Gasteiger partial charge in [-0.2, -0.15) is 0 Å². The number of nitrogens with one attached hydrogen (secondary N) is 2. The Balaban J connectivity index is 1.32. The van der Waals surface area contributed by atoms with Gasteiger partial charge in [-0.15, -0.1) is 0 Å². The summed E-state index contributed by atoms with van der Waals surface area (Å²) in [7, 11) is 0. The first-order valence-electron chi connectivity index (χ1n) is 9.77. The van der Waals surface area contributed by atoms with Gasteiger partial charge in [-0.25, -0.2) is 4.98 Å². The van der Waals surface area contributed by atoms with E-state index in [0.29, 0.717) is 17.8 Å². The maximum absolute atomic E-state index is 12.5. The van der Waals surface area contributed by atoms with E-state index in [9.17, 15) is 9.59 Å². The molecule has 0 radical (unpaired) electrons. The number of hydrogen-bond donors (Lipinski definition) is 2. The number of aromatic nitrogens is 2. The van der Waals surface area contributed by atoms with Crippen LogP contribution in [0.4, 0.5) is 5.69 Å². The van der Waals surface area contributed by atoms with Crippen LogP contribution in [0, 0.1) is 6.92 Å². The van der Waals surface area contributed by atoms with E-state index in [4.69, 9.17) is 4.42 Å². The van der Waals surface area contributed by atoms with E-state index in [1.807, 2.05) is 25.1 Å². The highest BCUT2D eigenvalue weighted by Crippen LogP contribution is 2.16. The van der Waals surface area contributed by atoms with Gasteiger partial charge in [0.1, 0.15) is 5.82 Å². The molecule has 0 bridgehead atoms. The van der Waals surface area contributed by atoms with Gasteiger partial charge in [0.15, 0.2) is 5.76 Å². The third-order valence-corrected chi connectivity index (χ3v) is 4.82. The SMILES string of the molecule is Cc1nc2ccccc2n1CCCNC(=O)c1cccc(NC(=O)c2ccco2)c1. The minimum absolute atomic E-state index is 0.184. The standard InChI is InChI=1S/C23H22N4O3/c1-16-25-19-9-2-3-10-20(19)27(16)13-6-12-24-22(28)17-7-4-8-18(15-17)26-23(29)21-11-5-14-30-21/h2-5,7-11,14-15H,6,12-13H2,1H3,(H,24,28)(H,26,29). The van der Waals surface area contributed by atoms with Crippen molar-refractivity contribution in [2.24, 2.45) is 0 Å². The Kier molecular flexibility index (Phi) is 5.61. The van der Waals surface area contributed by atoms with Gasteiger partial charge in [0.25, 0.3) is 11.8 Å². The van der Waals surface area contributed by atoms with Crippen molar-refractivity contribution in [3.05, 3.63) is 84.1 Å². The molecule has 2 amide bonds. The highest BCUT2D eigenvalue weighted by molar-refractivity contribution is 6.03. The quantitative estimate of drug-likeness (QED) is 0.457. The normalized spacial score (nSPS) is 10.8. The van der Waals surface area contributed by atoms with Crippen LogP contribution in [-0.2, 0) is 6.54 Å². The number of hydrogen-bond acceptors (Lipinski definition) is 4. The van der Waals surface area contributed by atoms with Crippen LogP contribution in [0.2, 0.25) is 0 Å². The zero-order chi connectivity index (χ0) is 20.9. The van der Waals surface area contributed by atoms with Crippen molar-refractivity contribution in [2.45, 2.75) is 19.9 Å². The smallest absolute Gasteiger partial charge is 0.291 e. The van der Waals surface area contributed by atoms with E-state index in [1.54, 1.807) is 36.4 Å². The first kappa shape index (κ1) is 19.4. The number of carbonyl (C=O) groups excluding carboxylic acids is 2. The van der Waals surface area contributed by atoms with Crippen LogP contribution in [0.1, 0.15) is 33.2 Å². The zero-order valence-electron chi connectivity index (χ0n) is 16.6. The summed E-state index contributed by atoms with van der Waals surface area (Å²) in [6.45, 7) is 3.29. The lowest BCUT2D eigenvalue weighted by molar-refractivity contribution is 0.0950. The Morgan fingerprint density at radius 2 is 1.90 bits per heavy atom. The Morgan fingerprint density at radius 1 is 1.03 bits per heavy atom. The van der Waals surface area contributed by atoms with Crippen molar-refractivity contribution in [1.29, 1.82) is 0 Å². The maximum Gasteiger partial charge on any atom is 0.291 e. The second kappa shape index (κ2) is 8.65. The second-order valence-electron chi connectivity index (χ2n) is 6.92. The Bertz CT molecular complexity index is 1180. The van der Waals surface area contributed by atoms with E-state index in [0.717, 1.165) is 29.8 Å². The van der Waals surface area contributed by atoms with Crippen molar-refractivity contribution >= 4 is 28.5 Å². The summed E-state index contributed by atoms with van der Waals surface area (Å²) in [5.41, 5.74) is 3.09. The Hall–Kier alpha value is -3.87. The molecule has 0 atom stereocenters.